The topological polar surface area (TPSA) is 49.7 Å². The van der Waals surface area contributed by atoms with Gasteiger partial charge in [0, 0.05) is 0 Å². The van der Waals surface area contributed by atoms with E-state index in [-0.39, 0.29) is 0 Å². The maximum absolute atomic E-state index is 9.94. The molecule has 1 aromatic carbocycles. The fraction of sp³-hybridized carbons (Fsp3) is 0.455. The molecule has 0 heterocycles. The largest absolute Gasteiger partial charge is 0.497 e. The molecule has 3 heteroatoms. The van der Waals surface area contributed by atoms with Gasteiger partial charge in [-0.05, 0) is 31.5 Å². The Labute approximate surface area is 84.0 Å². The first-order valence-corrected chi connectivity index (χ1v) is 4.53. The molecule has 0 radical (unpaired) electrons. The van der Waals surface area contributed by atoms with Crippen LogP contribution in [0.15, 0.2) is 24.3 Å². The maximum atomic E-state index is 9.94. The summed E-state index contributed by atoms with van der Waals surface area (Å²) in [5.74, 6) is 0.732. The Hall–Kier alpha value is -1.06. The molecular formula is C11H16O3. The van der Waals surface area contributed by atoms with Crippen LogP contribution in [-0.4, -0.2) is 23.4 Å². The zero-order chi connectivity index (χ0) is 10.8. The predicted octanol–water partition coefficient (Wildman–Crippen LogP) is 1.28. The fourth-order valence-electron chi connectivity index (χ4n) is 1.17. The van der Waals surface area contributed by atoms with Gasteiger partial charge < -0.3 is 14.9 Å². The molecule has 1 aromatic rings. The smallest absolute Gasteiger partial charge is 0.118 e. The minimum absolute atomic E-state index is 0.674. The highest BCUT2D eigenvalue weighted by Crippen LogP contribution is 2.26. The van der Waals surface area contributed by atoms with Crippen LogP contribution in [0.25, 0.3) is 0 Å². The van der Waals surface area contributed by atoms with Gasteiger partial charge in [-0.1, -0.05) is 12.1 Å². The molecule has 0 aromatic heterocycles. The molecule has 3 nitrogen and oxygen atoms in total. The SMILES string of the molecule is COc1ccc([C@@](C)(O)[C@H](C)O)cc1. The molecule has 0 aliphatic rings. The van der Waals surface area contributed by atoms with Crippen molar-refractivity contribution in [2.24, 2.45) is 0 Å². The maximum Gasteiger partial charge on any atom is 0.118 e. The summed E-state index contributed by atoms with van der Waals surface area (Å²) < 4.78 is 5.00. The van der Waals surface area contributed by atoms with Crippen molar-refractivity contribution in [2.45, 2.75) is 25.6 Å². The van der Waals surface area contributed by atoms with Gasteiger partial charge in [-0.3, -0.25) is 0 Å². The predicted molar refractivity (Wildman–Crippen MR) is 54.2 cm³/mol. The van der Waals surface area contributed by atoms with Gasteiger partial charge in [0.05, 0.1) is 13.2 Å². The monoisotopic (exact) mass is 196 g/mol. The Morgan fingerprint density at radius 2 is 1.79 bits per heavy atom. The summed E-state index contributed by atoms with van der Waals surface area (Å²) in [4.78, 5) is 0. The van der Waals surface area contributed by atoms with Crippen molar-refractivity contribution in [1.82, 2.24) is 0 Å². The third-order valence-corrected chi connectivity index (χ3v) is 2.49. The van der Waals surface area contributed by atoms with Crippen LogP contribution in [0.5, 0.6) is 5.75 Å². The zero-order valence-electron chi connectivity index (χ0n) is 8.69. The molecule has 14 heavy (non-hydrogen) atoms. The lowest BCUT2D eigenvalue weighted by atomic mass is 9.91. The van der Waals surface area contributed by atoms with E-state index in [1.54, 1.807) is 45.2 Å². The molecule has 0 fully saturated rings. The quantitative estimate of drug-likeness (QED) is 0.765. The minimum Gasteiger partial charge on any atom is -0.497 e. The van der Waals surface area contributed by atoms with Crippen LogP contribution < -0.4 is 4.74 Å². The number of aliphatic hydroxyl groups is 2. The van der Waals surface area contributed by atoms with Crippen molar-refractivity contribution < 1.29 is 14.9 Å². The Morgan fingerprint density at radius 3 is 2.14 bits per heavy atom. The van der Waals surface area contributed by atoms with E-state index in [0.717, 1.165) is 5.75 Å². The van der Waals surface area contributed by atoms with Gasteiger partial charge in [-0.25, -0.2) is 0 Å². The number of methoxy groups -OCH3 is 1. The molecule has 0 saturated heterocycles. The van der Waals surface area contributed by atoms with Crippen molar-refractivity contribution in [3.63, 3.8) is 0 Å². The molecule has 2 atom stereocenters. The summed E-state index contributed by atoms with van der Waals surface area (Å²) >= 11 is 0. The van der Waals surface area contributed by atoms with E-state index in [1.165, 1.54) is 0 Å². The zero-order valence-corrected chi connectivity index (χ0v) is 8.69. The normalized spacial score (nSPS) is 17.2. The second-order valence-electron chi connectivity index (χ2n) is 3.55. The van der Waals surface area contributed by atoms with Crippen LogP contribution in [-0.2, 0) is 5.60 Å². The Balaban J connectivity index is 2.97. The summed E-state index contributed by atoms with van der Waals surface area (Å²) in [7, 11) is 1.59. The number of rotatable bonds is 3. The van der Waals surface area contributed by atoms with Gasteiger partial charge in [0.1, 0.15) is 11.4 Å². The van der Waals surface area contributed by atoms with Gasteiger partial charge in [-0.15, -0.1) is 0 Å². The molecule has 0 aliphatic carbocycles. The lowest BCUT2D eigenvalue weighted by molar-refractivity contribution is -0.0570. The van der Waals surface area contributed by atoms with Crippen molar-refractivity contribution in [3.8, 4) is 5.75 Å². The molecule has 0 saturated carbocycles. The summed E-state index contributed by atoms with van der Waals surface area (Å²) in [6.07, 6.45) is -0.809. The molecule has 78 valence electrons. The lowest BCUT2D eigenvalue weighted by Crippen LogP contribution is -2.33. The van der Waals surface area contributed by atoms with Crippen molar-refractivity contribution in [1.29, 1.82) is 0 Å². The van der Waals surface area contributed by atoms with E-state index in [9.17, 15) is 10.2 Å². The first kappa shape index (κ1) is 11.0. The molecular weight excluding hydrogens is 180 g/mol. The van der Waals surface area contributed by atoms with Gasteiger partial charge >= 0.3 is 0 Å². The van der Waals surface area contributed by atoms with E-state index in [1.807, 2.05) is 0 Å². The summed E-state index contributed by atoms with van der Waals surface area (Å²) in [6, 6.07) is 7.00. The Morgan fingerprint density at radius 1 is 1.29 bits per heavy atom. The van der Waals surface area contributed by atoms with Crippen molar-refractivity contribution in [2.75, 3.05) is 7.11 Å². The molecule has 0 spiro atoms. The highest BCUT2D eigenvalue weighted by Gasteiger charge is 2.28. The molecule has 0 aliphatic heterocycles. The summed E-state index contributed by atoms with van der Waals surface area (Å²) in [5, 5.41) is 19.3. The third kappa shape index (κ3) is 2.05. The van der Waals surface area contributed by atoms with Crippen LogP contribution >= 0.6 is 0 Å². The highest BCUT2D eigenvalue weighted by atomic mass is 16.5. The number of ether oxygens (including phenoxy) is 1. The molecule has 0 unspecified atom stereocenters. The van der Waals surface area contributed by atoms with E-state index < -0.39 is 11.7 Å². The van der Waals surface area contributed by atoms with Crippen LogP contribution in [0.3, 0.4) is 0 Å². The van der Waals surface area contributed by atoms with E-state index in [0.29, 0.717) is 5.56 Å². The molecule has 2 N–H and O–H groups in total. The minimum atomic E-state index is -1.22. The summed E-state index contributed by atoms with van der Waals surface area (Å²) in [6.45, 7) is 3.14. The highest BCUT2D eigenvalue weighted by molar-refractivity contribution is 5.30. The standard InChI is InChI=1S/C11H16O3/c1-8(12)11(2,13)9-4-6-10(14-3)7-5-9/h4-8,12-13H,1-3H3/t8-,11-/m0/s1. The van der Waals surface area contributed by atoms with Gasteiger partial charge in [0.15, 0.2) is 0 Å². The average Bonchev–Trinajstić information content (AvgIpc) is 2.17. The van der Waals surface area contributed by atoms with Crippen LogP contribution in [0, 0.1) is 0 Å². The first-order valence-electron chi connectivity index (χ1n) is 4.53. The van der Waals surface area contributed by atoms with E-state index in [2.05, 4.69) is 0 Å². The van der Waals surface area contributed by atoms with Crippen molar-refractivity contribution >= 4 is 0 Å². The summed E-state index contributed by atoms with van der Waals surface area (Å²) in [5.41, 5.74) is -0.542. The van der Waals surface area contributed by atoms with E-state index in [4.69, 9.17) is 4.74 Å². The number of aliphatic hydroxyl groups excluding tert-OH is 1. The average molecular weight is 196 g/mol. The third-order valence-electron chi connectivity index (χ3n) is 2.49. The van der Waals surface area contributed by atoms with Gasteiger partial charge in [0.25, 0.3) is 0 Å². The molecule has 0 amide bonds. The number of hydrogen-bond donors (Lipinski definition) is 2. The van der Waals surface area contributed by atoms with Crippen molar-refractivity contribution in [3.05, 3.63) is 29.8 Å². The molecule has 0 bridgehead atoms. The van der Waals surface area contributed by atoms with E-state index >= 15 is 0 Å². The van der Waals surface area contributed by atoms with Gasteiger partial charge in [0.2, 0.25) is 0 Å². The Bertz CT molecular complexity index is 288. The lowest BCUT2D eigenvalue weighted by Gasteiger charge is -2.27. The van der Waals surface area contributed by atoms with Crippen LogP contribution in [0.4, 0.5) is 0 Å². The van der Waals surface area contributed by atoms with Crippen LogP contribution in [0.1, 0.15) is 19.4 Å². The number of benzene rings is 1. The van der Waals surface area contributed by atoms with Gasteiger partial charge in [-0.2, -0.15) is 0 Å². The fourth-order valence-corrected chi connectivity index (χ4v) is 1.17. The second kappa shape index (κ2) is 3.98. The second-order valence-corrected chi connectivity index (χ2v) is 3.55. The number of hydrogen-bond acceptors (Lipinski definition) is 3. The molecule has 1 rings (SSSR count). The first-order chi connectivity index (χ1) is 6.48. The Kier molecular flexibility index (Phi) is 3.13. The van der Waals surface area contributed by atoms with Crippen LogP contribution in [0.2, 0.25) is 0 Å².